The molecule has 2 aromatic heterocycles. The maximum atomic E-state index is 12.8. The summed E-state index contributed by atoms with van der Waals surface area (Å²) in [5, 5.41) is 12.5. The minimum Gasteiger partial charge on any atom is -0.494 e. The number of hydrogen-bond donors (Lipinski definition) is 1. The number of fused-ring (bicyclic) bond motifs is 1. The predicted octanol–water partition coefficient (Wildman–Crippen LogP) is 5.01. The molecular weight excluding hydrogens is 434 g/mol. The molecule has 4 aromatic rings. The number of aromatic nitrogens is 3. The maximum absolute atomic E-state index is 12.8. The molecule has 1 aliphatic heterocycles. The van der Waals surface area contributed by atoms with Gasteiger partial charge in [-0.25, -0.2) is 4.98 Å². The first-order valence-corrected chi connectivity index (χ1v) is 12.0. The SMILES string of the molecule is CCOc1ccc2nc(NC(=O)C3CCN(c4ccc(-c5ccccc5)nn4)CC3)sc2c1. The molecule has 0 spiro atoms. The van der Waals surface area contributed by atoms with Gasteiger partial charge in [-0.2, -0.15) is 0 Å². The second-order valence-corrected chi connectivity index (χ2v) is 9.01. The minimum absolute atomic E-state index is 0.0317. The van der Waals surface area contributed by atoms with E-state index in [1.54, 1.807) is 0 Å². The fraction of sp³-hybridized carbons (Fsp3) is 0.280. The van der Waals surface area contributed by atoms with Crippen LogP contribution in [0.3, 0.4) is 0 Å². The van der Waals surface area contributed by atoms with E-state index in [0.29, 0.717) is 11.7 Å². The number of rotatable bonds is 6. The first-order valence-electron chi connectivity index (χ1n) is 11.2. The highest BCUT2D eigenvalue weighted by atomic mass is 32.1. The summed E-state index contributed by atoms with van der Waals surface area (Å²) in [7, 11) is 0. The van der Waals surface area contributed by atoms with Crippen LogP contribution in [-0.2, 0) is 4.79 Å². The number of benzene rings is 2. The van der Waals surface area contributed by atoms with Crippen molar-refractivity contribution >= 4 is 38.4 Å². The molecule has 7 nitrogen and oxygen atoms in total. The number of thiazole rings is 1. The van der Waals surface area contributed by atoms with Crippen molar-refractivity contribution < 1.29 is 9.53 Å². The normalized spacial score (nSPS) is 14.4. The Morgan fingerprint density at radius 3 is 2.64 bits per heavy atom. The lowest BCUT2D eigenvalue weighted by Crippen LogP contribution is -2.38. The van der Waals surface area contributed by atoms with Crippen LogP contribution in [0.15, 0.2) is 60.7 Å². The second-order valence-electron chi connectivity index (χ2n) is 7.97. The van der Waals surface area contributed by atoms with Crippen molar-refractivity contribution in [3.8, 4) is 17.0 Å². The number of ether oxygens (including phenoxy) is 1. The summed E-state index contributed by atoms with van der Waals surface area (Å²) >= 11 is 1.47. The molecule has 1 aliphatic rings. The Labute approximate surface area is 196 Å². The first-order chi connectivity index (χ1) is 16.2. The van der Waals surface area contributed by atoms with E-state index >= 15 is 0 Å². The summed E-state index contributed by atoms with van der Waals surface area (Å²) in [6, 6.07) is 19.8. The highest BCUT2D eigenvalue weighted by Crippen LogP contribution is 2.30. The number of anilines is 2. The fourth-order valence-electron chi connectivity index (χ4n) is 4.05. The molecule has 168 valence electrons. The van der Waals surface area contributed by atoms with E-state index in [1.807, 2.05) is 67.6 Å². The molecule has 1 saturated heterocycles. The van der Waals surface area contributed by atoms with Crippen LogP contribution in [0, 0.1) is 5.92 Å². The number of carbonyl (C=O) groups is 1. The van der Waals surface area contributed by atoms with Crippen molar-refractivity contribution in [2.45, 2.75) is 19.8 Å². The van der Waals surface area contributed by atoms with Crippen molar-refractivity contribution in [3.05, 3.63) is 60.7 Å². The quantitative estimate of drug-likeness (QED) is 0.437. The zero-order chi connectivity index (χ0) is 22.6. The molecule has 1 N–H and O–H groups in total. The van der Waals surface area contributed by atoms with E-state index in [1.165, 1.54) is 11.3 Å². The van der Waals surface area contributed by atoms with Gasteiger partial charge in [-0.05, 0) is 50.1 Å². The van der Waals surface area contributed by atoms with Crippen LogP contribution in [0.1, 0.15) is 19.8 Å². The van der Waals surface area contributed by atoms with Crippen LogP contribution < -0.4 is 15.0 Å². The summed E-state index contributed by atoms with van der Waals surface area (Å²) in [4.78, 5) is 19.6. The van der Waals surface area contributed by atoms with Gasteiger partial charge in [0.2, 0.25) is 5.91 Å². The number of carbonyl (C=O) groups excluding carboxylic acids is 1. The van der Waals surface area contributed by atoms with Crippen LogP contribution in [0.5, 0.6) is 5.75 Å². The van der Waals surface area contributed by atoms with E-state index in [9.17, 15) is 4.79 Å². The molecule has 1 fully saturated rings. The topological polar surface area (TPSA) is 80.2 Å². The van der Waals surface area contributed by atoms with E-state index < -0.39 is 0 Å². The molecule has 0 aliphatic carbocycles. The Hall–Kier alpha value is -3.52. The number of piperidine rings is 1. The lowest BCUT2D eigenvalue weighted by atomic mass is 9.96. The van der Waals surface area contributed by atoms with Gasteiger partial charge in [-0.15, -0.1) is 10.2 Å². The third kappa shape index (κ3) is 4.80. The average Bonchev–Trinajstić information content (AvgIpc) is 3.26. The van der Waals surface area contributed by atoms with Crippen molar-refractivity contribution in [2.24, 2.45) is 5.92 Å². The van der Waals surface area contributed by atoms with Gasteiger partial charge in [0.05, 0.1) is 22.5 Å². The lowest BCUT2D eigenvalue weighted by Gasteiger charge is -2.31. The maximum Gasteiger partial charge on any atom is 0.229 e. The summed E-state index contributed by atoms with van der Waals surface area (Å²) < 4.78 is 6.56. The number of nitrogens with one attached hydrogen (secondary N) is 1. The molecule has 0 radical (unpaired) electrons. The molecule has 33 heavy (non-hydrogen) atoms. The Morgan fingerprint density at radius 1 is 1.09 bits per heavy atom. The fourth-order valence-corrected chi connectivity index (χ4v) is 4.95. The van der Waals surface area contributed by atoms with E-state index in [2.05, 4.69) is 25.4 Å². The zero-order valence-corrected chi connectivity index (χ0v) is 19.2. The van der Waals surface area contributed by atoms with E-state index in [0.717, 1.165) is 59.0 Å². The van der Waals surface area contributed by atoms with Crippen LogP contribution in [0.25, 0.3) is 21.5 Å². The minimum atomic E-state index is -0.0381. The average molecular weight is 460 g/mol. The third-order valence-corrected chi connectivity index (χ3v) is 6.74. The van der Waals surface area contributed by atoms with Crippen molar-refractivity contribution in [3.63, 3.8) is 0 Å². The van der Waals surface area contributed by atoms with Gasteiger partial charge in [0.15, 0.2) is 10.9 Å². The Bertz CT molecular complexity index is 1230. The molecule has 0 atom stereocenters. The molecule has 2 aromatic carbocycles. The molecule has 5 rings (SSSR count). The summed E-state index contributed by atoms with van der Waals surface area (Å²) in [6.45, 7) is 4.12. The molecule has 0 saturated carbocycles. The molecule has 1 amide bonds. The van der Waals surface area contributed by atoms with Gasteiger partial charge < -0.3 is 15.0 Å². The van der Waals surface area contributed by atoms with Gasteiger partial charge in [-0.3, -0.25) is 4.79 Å². The van der Waals surface area contributed by atoms with Crippen LogP contribution in [-0.4, -0.2) is 40.8 Å². The second kappa shape index (κ2) is 9.54. The summed E-state index contributed by atoms with van der Waals surface area (Å²) in [5.74, 6) is 1.66. The summed E-state index contributed by atoms with van der Waals surface area (Å²) in [5.41, 5.74) is 2.78. The van der Waals surface area contributed by atoms with Crippen molar-refractivity contribution in [2.75, 3.05) is 29.9 Å². The Kier molecular flexibility index (Phi) is 6.17. The van der Waals surface area contributed by atoms with E-state index in [4.69, 9.17) is 4.74 Å². The number of amides is 1. The standard InChI is InChI=1S/C25H25N5O2S/c1-2-32-19-8-9-21-22(16-19)33-25(26-21)27-24(31)18-12-14-30(15-13-18)23-11-10-20(28-29-23)17-6-4-3-5-7-17/h3-11,16,18H,2,12-15H2,1H3,(H,26,27,31). The van der Waals surface area contributed by atoms with Gasteiger partial charge in [0.1, 0.15) is 5.75 Å². The molecule has 8 heteroatoms. The smallest absolute Gasteiger partial charge is 0.229 e. The molecule has 3 heterocycles. The Morgan fingerprint density at radius 2 is 1.91 bits per heavy atom. The summed E-state index contributed by atoms with van der Waals surface area (Å²) in [6.07, 6.45) is 1.54. The van der Waals surface area contributed by atoms with Crippen LogP contribution in [0.4, 0.5) is 10.9 Å². The van der Waals surface area contributed by atoms with Gasteiger partial charge in [-0.1, -0.05) is 41.7 Å². The highest BCUT2D eigenvalue weighted by molar-refractivity contribution is 7.22. The Balaban J connectivity index is 1.18. The molecule has 0 bridgehead atoms. The van der Waals surface area contributed by atoms with Crippen LogP contribution >= 0.6 is 11.3 Å². The molecular formula is C25H25N5O2S. The van der Waals surface area contributed by atoms with Crippen LogP contribution in [0.2, 0.25) is 0 Å². The van der Waals surface area contributed by atoms with Gasteiger partial charge in [0.25, 0.3) is 0 Å². The van der Waals surface area contributed by atoms with Gasteiger partial charge in [0, 0.05) is 24.6 Å². The lowest BCUT2D eigenvalue weighted by molar-refractivity contribution is -0.120. The zero-order valence-electron chi connectivity index (χ0n) is 18.4. The van der Waals surface area contributed by atoms with Gasteiger partial charge >= 0.3 is 0 Å². The van der Waals surface area contributed by atoms with Crippen molar-refractivity contribution in [1.82, 2.24) is 15.2 Å². The number of nitrogens with zero attached hydrogens (tertiary/aromatic N) is 4. The number of hydrogen-bond acceptors (Lipinski definition) is 7. The third-order valence-electron chi connectivity index (χ3n) is 5.81. The monoisotopic (exact) mass is 459 g/mol. The first kappa shape index (κ1) is 21.3. The van der Waals surface area contributed by atoms with Crippen molar-refractivity contribution in [1.29, 1.82) is 0 Å². The molecule has 0 unspecified atom stereocenters. The van der Waals surface area contributed by atoms with E-state index in [-0.39, 0.29) is 11.8 Å². The predicted molar refractivity (Wildman–Crippen MR) is 132 cm³/mol. The highest BCUT2D eigenvalue weighted by Gasteiger charge is 2.26. The largest absolute Gasteiger partial charge is 0.494 e.